The third kappa shape index (κ3) is 3.27. The Kier molecular flexibility index (Phi) is 4.27. The van der Waals surface area contributed by atoms with E-state index in [0.717, 1.165) is 12.1 Å². The van der Waals surface area contributed by atoms with Crippen molar-refractivity contribution in [3.05, 3.63) is 58.9 Å². The minimum atomic E-state index is -4.03. The maximum Gasteiger partial charge on any atom is 0.264 e. The summed E-state index contributed by atoms with van der Waals surface area (Å²) in [5.74, 6) is -0.919. The Bertz CT molecular complexity index is 717. The molecule has 0 atom stereocenters. The number of hydrogen-bond acceptors (Lipinski definition) is 3. The van der Waals surface area contributed by atoms with Crippen LogP contribution in [0.2, 0.25) is 5.02 Å². The number of rotatable bonds is 4. The van der Waals surface area contributed by atoms with Gasteiger partial charge in [0.1, 0.15) is 10.7 Å². The van der Waals surface area contributed by atoms with Crippen molar-refractivity contribution in [1.82, 2.24) is 0 Å². The van der Waals surface area contributed by atoms with Crippen molar-refractivity contribution >= 4 is 27.3 Å². The molecular formula is C13H11ClFNO3S. The van der Waals surface area contributed by atoms with Gasteiger partial charge in [0.2, 0.25) is 0 Å². The zero-order valence-corrected chi connectivity index (χ0v) is 11.7. The highest BCUT2D eigenvalue weighted by atomic mass is 35.5. The lowest BCUT2D eigenvalue weighted by atomic mass is 10.2. The molecule has 0 aliphatic rings. The van der Waals surface area contributed by atoms with Crippen molar-refractivity contribution in [1.29, 1.82) is 0 Å². The van der Waals surface area contributed by atoms with Crippen molar-refractivity contribution in [3.8, 4) is 0 Å². The maximum absolute atomic E-state index is 13.6. The zero-order valence-electron chi connectivity index (χ0n) is 10.2. The second-order valence-electron chi connectivity index (χ2n) is 4.04. The lowest BCUT2D eigenvalue weighted by Gasteiger charge is -2.09. The van der Waals surface area contributed by atoms with E-state index in [4.69, 9.17) is 16.7 Å². The number of halogens is 2. The van der Waals surface area contributed by atoms with Gasteiger partial charge in [-0.3, -0.25) is 4.72 Å². The molecule has 0 saturated carbocycles. The van der Waals surface area contributed by atoms with Crippen LogP contribution in [-0.2, 0) is 16.6 Å². The summed E-state index contributed by atoms with van der Waals surface area (Å²) >= 11 is 5.58. The van der Waals surface area contributed by atoms with E-state index >= 15 is 0 Å². The van der Waals surface area contributed by atoms with Crippen LogP contribution in [-0.4, -0.2) is 13.5 Å². The number of hydrogen-bond donors (Lipinski definition) is 2. The molecule has 4 nitrogen and oxygen atoms in total. The molecule has 0 spiro atoms. The molecule has 0 unspecified atom stereocenters. The van der Waals surface area contributed by atoms with Gasteiger partial charge in [0, 0.05) is 10.7 Å². The Labute approximate surface area is 120 Å². The van der Waals surface area contributed by atoms with Crippen molar-refractivity contribution in [3.63, 3.8) is 0 Å². The minimum absolute atomic E-state index is 0.119. The Morgan fingerprint density at radius 1 is 1.15 bits per heavy atom. The Morgan fingerprint density at radius 3 is 2.35 bits per heavy atom. The van der Waals surface area contributed by atoms with E-state index in [2.05, 4.69) is 4.72 Å². The van der Waals surface area contributed by atoms with E-state index in [1.807, 2.05) is 0 Å². The first-order valence-corrected chi connectivity index (χ1v) is 7.46. The average Bonchev–Trinajstić information content (AvgIpc) is 2.38. The summed E-state index contributed by atoms with van der Waals surface area (Å²) in [5.41, 5.74) is 0.919. The van der Waals surface area contributed by atoms with Gasteiger partial charge in [-0.1, -0.05) is 23.7 Å². The zero-order chi connectivity index (χ0) is 14.8. The molecule has 0 amide bonds. The molecule has 0 aliphatic heterocycles. The normalized spacial score (nSPS) is 11.3. The molecule has 0 radical (unpaired) electrons. The van der Waals surface area contributed by atoms with Crippen molar-refractivity contribution < 1.29 is 17.9 Å². The molecule has 20 heavy (non-hydrogen) atoms. The first kappa shape index (κ1) is 14.8. The van der Waals surface area contributed by atoms with E-state index in [1.165, 1.54) is 18.2 Å². The fourth-order valence-electron chi connectivity index (χ4n) is 1.58. The van der Waals surface area contributed by atoms with Gasteiger partial charge < -0.3 is 5.11 Å². The molecule has 0 saturated heterocycles. The van der Waals surface area contributed by atoms with Crippen molar-refractivity contribution in [2.24, 2.45) is 0 Å². The first-order valence-electron chi connectivity index (χ1n) is 5.60. The summed E-state index contributed by atoms with van der Waals surface area (Å²) in [6.45, 7) is -0.140. The molecule has 0 bridgehead atoms. The molecule has 2 aromatic rings. The van der Waals surface area contributed by atoms with E-state index in [1.54, 1.807) is 12.1 Å². The molecule has 106 valence electrons. The van der Waals surface area contributed by atoms with Crippen LogP contribution in [0.5, 0.6) is 0 Å². The van der Waals surface area contributed by atoms with Crippen LogP contribution in [0.4, 0.5) is 10.1 Å². The molecule has 2 N–H and O–H groups in total. The highest BCUT2D eigenvalue weighted by molar-refractivity contribution is 7.92. The van der Waals surface area contributed by atoms with Crippen LogP contribution in [0.1, 0.15) is 5.56 Å². The molecule has 7 heteroatoms. The van der Waals surface area contributed by atoms with Crippen LogP contribution >= 0.6 is 11.6 Å². The monoisotopic (exact) mass is 315 g/mol. The Hall–Kier alpha value is -1.63. The third-order valence-corrected chi connectivity index (χ3v) is 4.22. The van der Waals surface area contributed by atoms with E-state index < -0.39 is 20.7 Å². The van der Waals surface area contributed by atoms with Gasteiger partial charge in [0.25, 0.3) is 10.0 Å². The predicted molar refractivity (Wildman–Crippen MR) is 74.6 cm³/mol. The van der Waals surface area contributed by atoms with Crippen molar-refractivity contribution in [2.45, 2.75) is 11.5 Å². The molecule has 0 heterocycles. The van der Waals surface area contributed by atoms with Crippen LogP contribution in [0.25, 0.3) is 0 Å². The Morgan fingerprint density at radius 2 is 1.80 bits per heavy atom. The van der Waals surface area contributed by atoms with Gasteiger partial charge in [-0.2, -0.15) is 0 Å². The summed E-state index contributed by atoms with van der Waals surface area (Å²) in [5, 5.41) is 9.02. The second kappa shape index (κ2) is 5.78. The summed E-state index contributed by atoms with van der Waals surface area (Å²) in [6, 6.07) is 9.43. The smallest absolute Gasteiger partial charge is 0.264 e. The quantitative estimate of drug-likeness (QED) is 0.911. The number of benzene rings is 2. The molecule has 2 aromatic carbocycles. The molecule has 0 aliphatic carbocycles. The summed E-state index contributed by atoms with van der Waals surface area (Å²) in [7, 11) is -4.03. The van der Waals surface area contributed by atoms with Crippen LogP contribution in [0, 0.1) is 5.82 Å². The van der Waals surface area contributed by atoms with Crippen molar-refractivity contribution in [2.75, 3.05) is 4.72 Å². The lowest BCUT2D eigenvalue weighted by molar-refractivity contribution is 0.282. The summed E-state index contributed by atoms with van der Waals surface area (Å²) in [4.78, 5) is -0.479. The summed E-state index contributed by atoms with van der Waals surface area (Å²) in [6.07, 6.45) is 0. The number of aliphatic hydroxyl groups excluding tert-OH is 1. The van der Waals surface area contributed by atoms with Gasteiger partial charge in [-0.15, -0.1) is 0 Å². The van der Waals surface area contributed by atoms with Gasteiger partial charge in [-0.25, -0.2) is 12.8 Å². The lowest BCUT2D eigenvalue weighted by Crippen LogP contribution is -2.14. The summed E-state index contributed by atoms with van der Waals surface area (Å²) < 4.78 is 40.0. The van der Waals surface area contributed by atoms with E-state index in [-0.39, 0.29) is 17.3 Å². The second-order valence-corrected chi connectivity index (χ2v) is 6.12. The van der Waals surface area contributed by atoms with Crippen LogP contribution in [0.15, 0.2) is 47.4 Å². The number of aliphatic hydroxyl groups is 1. The molecule has 0 aromatic heterocycles. The van der Waals surface area contributed by atoms with Crippen LogP contribution < -0.4 is 4.72 Å². The Balaban J connectivity index is 2.30. The molecular weight excluding hydrogens is 305 g/mol. The van der Waals surface area contributed by atoms with E-state index in [0.29, 0.717) is 5.56 Å². The number of sulfonamides is 1. The SMILES string of the molecule is O=S(=O)(Nc1ccc(CO)cc1)c1ccc(Cl)cc1F. The van der Waals surface area contributed by atoms with E-state index in [9.17, 15) is 12.8 Å². The average molecular weight is 316 g/mol. The standard InChI is InChI=1S/C13H11ClFNO3S/c14-10-3-6-13(12(15)7-10)20(18,19)16-11-4-1-9(8-17)2-5-11/h1-7,16-17H,8H2. The van der Waals surface area contributed by atoms with Gasteiger partial charge in [-0.05, 0) is 35.9 Å². The van der Waals surface area contributed by atoms with Gasteiger partial charge in [0.05, 0.1) is 6.61 Å². The van der Waals surface area contributed by atoms with Gasteiger partial charge >= 0.3 is 0 Å². The molecule has 2 rings (SSSR count). The fraction of sp³-hybridized carbons (Fsp3) is 0.0769. The van der Waals surface area contributed by atoms with Gasteiger partial charge in [0.15, 0.2) is 0 Å². The maximum atomic E-state index is 13.6. The highest BCUT2D eigenvalue weighted by Gasteiger charge is 2.19. The predicted octanol–water partition coefficient (Wildman–Crippen LogP) is 2.77. The minimum Gasteiger partial charge on any atom is -0.392 e. The highest BCUT2D eigenvalue weighted by Crippen LogP contribution is 2.22. The largest absolute Gasteiger partial charge is 0.392 e. The third-order valence-electron chi connectivity index (χ3n) is 2.57. The number of nitrogens with one attached hydrogen (secondary N) is 1. The number of anilines is 1. The topological polar surface area (TPSA) is 66.4 Å². The fourth-order valence-corrected chi connectivity index (χ4v) is 2.86. The molecule has 0 fully saturated rings. The van der Waals surface area contributed by atoms with Crippen LogP contribution in [0.3, 0.4) is 0 Å². The first-order chi connectivity index (χ1) is 9.42.